The monoisotopic (exact) mass is 218 g/mol. The number of hydrogen-bond donors (Lipinski definition) is 0. The fraction of sp³-hybridized carbons (Fsp3) is 0.692. The van der Waals surface area contributed by atoms with Gasteiger partial charge in [0.05, 0.1) is 0 Å². The lowest BCUT2D eigenvalue weighted by atomic mass is 9.75. The molecule has 0 N–H and O–H groups in total. The van der Waals surface area contributed by atoms with Crippen LogP contribution in [0, 0.1) is 17.5 Å². The lowest BCUT2D eigenvalue weighted by Gasteiger charge is -2.39. The molecule has 0 aromatic carbocycles. The minimum absolute atomic E-state index is 0.433. The summed E-state index contributed by atoms with van der Waals surface area (Å²) in [6.45, 7) is 9.21. The molecular weight excluding hydrogens is 198 g/mol. The molecule has 87 valence electrons. The maximum Gasteiger partial charge on any atom is 0.151 e. The van der Waals surface area contributed by atoms with Crippen LogP contribution >= 0.6 is 0 Å². The summed E-state index contributed by atoms with van der Waals surface area (Å²) in [4.78, 5) is 2.32. The van der Waals surface area contributed by atoms with E-state index in [1.54, 1.807) is 0 Å². The number of hydrogen-bond acceptors (Lipinski definition) is 3. The van der Waals surface area contributed by atoms with Gasteiger partial charge in [0.25, 0.3) is 0 Å². The van der Waals surface area contributed by atoms with Crippen molar-refractivity contribution >= 4 is 5.82 Å². The maximum absolute atomic E-state index is 4.11. The van der Waals surface area contributed by atoms with Crippen LogP contribution in [0.1, 0.15) is 33.6 Å². The number of piperidine rings is 1. The third-order valence-electron chi connectivity index (χ3n) is 3.56. The molecule has 1 fully saturated rings. The molecule has 1 saturated heterocycles. The van der Waals surface area contributed by atoms with Crippen molar-refractivity contribution in [3.8, 4) is 0 Å². The molecule has 0 spiro atoms. The molecule has 2 heterocycles. The number of rotatable bonds is 1. The first kappa shape index (κ1) is 11.4. The minimum atomic E-state index is 0.433. The summed E-state index contributed by atoms with van der Waals surface area (Å²) in [7, 11) is 0. The largest absolute Gasteiger partial charge is 0.355 e. The molecule has 0 aliphatic carbocycles. The molecule has 0 atom stereocenters. The van der Waals surface area contributed by atoms with E-state index >= 15 is 0 Å². The second-order valence-corrected chi connectivity index (χ2v) is 5.65. The first-order valence-electron chi connectivity index (χ1n) is 6.02. The van der Waals surface area contributed by atoms with Gasteiger partial charge in [-0.1, -0.05) is 20.8 Å². The van der Waals surface area contributed by atoms with Crippen LogP contribution in [0.2, 0.25) is 0 Å². The Morgan fingerprint density at radius 2 is 2.00 bits per heavy atom. The zero-order chi connectivity index (χ0) is 11.6. The van der Waals surface area contributed by atoms with Crippen LogP contribution in [0.4, 0.5) is 5.82 Å². The third kappa shape index (κ3) is 2.52. The van der Waals surface area contributed by atoms with E-state index in [0.29, 0.717) is 5.41 Å². The summed E-state index contributed by atoms with van der Waals surface area (Å²) in [6.07, 6.45) is 5.22. The topological polar surface area (TPSA) is 29.0 Å². The summed E-state index contributed by atoms with van der Waals surface area (Å²) in [5.41, 5.74) is 0.433. The van der Waals surface area contributed by atoms with Crippen molar-refractivity contribution in [2.75, 3.05) is 18.0 Å². The molecule has 0 amide bonds. The molecule has 0 saturated carbocycles. The molecule has 1 aromatic heterocycles. The Kier molecular flexibility index (Phi) is 3.13. The molecule has 3 nitrogen and oxygen atoms in total. The van der Waals surface area contributed by atoms with E-state index in [1.165, 1.54) is 12.8 Å². The summed E-state index contributed by atoms with van der Waals surface area (Å²) in [6, 6.07) is 3.82. The number of nitrogens with zero attached hydrogens (tertiary/aromatic N) is 3. The van der Waals surface area contributed by atoms with Crippen molar-refractivity contribution in [3.05, 3.63) is 18.3 Å². The minimum Gasteiger partial charge on any atom is -0.355 e. The number of anilines is 1. The molecule has 1 radical (unpaired) electrons. The van der Waals surface area contributed by atoms with Crippen LogP contribution in [0.15, 0.2) is 12.1 Å². The average Bonchev–Trinajstić information content (AvgIpc) is 2.29. The van der Waals surface area contributed by atoms with Crippen molar-refractivity contribution in [3.63, 3.8) is 0 Å². The molecule has 0 unspecified atom stereocenters. The summed E-state index contributed by atoms with van der Waals surface area (Å²) in [5.74, 6) is 1.82. The van der Waals surface area contributed by atoms with Crippen LogP contribution in [-0.2, 0) is 0 Å². The van der Waals surface area contributed by atoms with Crippen LogP contribution in [0.3, 0.4) is 0 Å². The van der Waals surface area contributed by atoms with Gasteiger partial charge in [-0.15, -0.1) is 10.2 Å². The van der Waals surface area contributed by atoms with Crippen LogP contribution in [-0.4, -0.2) is 23.3 Å². The Hall–Kier alpha value is -1.12. The highest BCUT2D eigenvalue weighted by atomic mass is 15.3. The van der Waals surface area contributed by atoms with Crippen LogP contribution in [0.25, 0.3) is 0 Å². The predicted molar refractivity (Wildman–Crippen MR) is 65.3 cm³/mol. The highest BCUT2D eigenvalue weighted by molar-refractivity contribution is 5.36. The van der Waals surface area contributed by atoms with E-state index in [1.807, 2.05) is 12.1 Å². The van der Waals surface area contributed by atoms with Gasteiger partial charge >= 0.3 is 0 Å². The van der Waals surface area contributed by atoms with Crippen molar-refractivity contribution in [2.45, 2.75) is 33.6 Å². The summed E-state index contributed by atoms with van der Waals surface area (Å²) < 4.78 is 0. The summed E-state index contributed by atoms with van der Waals surface area (Å²) in [5, 5.41) is 7.92. The second kappa shape index (κ2) is 4.40. The highest BCUT2D eigenvalue weighted by Crippen LogP contribution is 2.34. The van der Waals surface area contributed by atoms with E-state index in [4.69, 9.17) is 0 Å². The van der Waals surface area contributed by atoms with Crippen LogP contribution in [0.5, 0.6) is 0 Å². The van der Waals surface area contributed by atoms with E-state index in [-0.39, 0.29) is 0 Å². The van der Waals surface area contributed by atoms with Gasteiger partial charge in [0.2, 0.25) is 0 Å². The zero-order valence-electron chi connectivity index (χ0n) is 10.4. The van der Waals surface area contributed by atoms with Gasteiger partial charge in [-0.2, -0.15) is 0 Å². The Bertz CT molecular complexity index is 321. The van der Waals surface area contributed by atoms with E-state index < -0.39 is 0 Å². The second-order valence-electron chi connectivity index (χ2n) is 5.65. The zero-order valence-corrected chi connectivity index (χ0v) is 10.4. The number of aromatic nitrogens is 2. The Balaban J connectivity index is 1.96. The van der Waals surface area contributed by atoms with Gasteiger partial charge in [-0.05, 0) is 36.3 Å². The molecule has 1 aliphatic rings. The molecule has 2 rings (SSSR count). The lowest BCUT2D eigenvalue weighted by molar-refractivity contribution is 0.198. The molecule has 1 aliphatic heterocycles. The molecule has 16 heavy (non-hydrogen) atoms. The fourth-order valence-electron chi connectivity index (χ4n) is 2.40. The average molecular weight is 218 g/mol. The smallest absolute Gasteiger partial charge is 0.151 e. The Morgan fingerprint density at radius 1 is 1.31 bits per heavy atom. The Morgan fingerprint density at radius 3 is 2.50 bits per heavy atom. The van der Waals surface area contributed by atoms with Crippen molar-refractivity contribution in [1.82, 2.24) is 10.2 Å². The molecule has 1 aromatic rings. The molecule has 3 heteroatoms. The van der Waals surface area contributed by atoms with Crippen molar-refractivity contribution < 1.29 is 0 Å². The highest BCUT2D eigenvalue weighted by Gasteiger charge is 2.29. The van der Waals surface area contributed by atoms with Gasteiger partial charge < -0.3 is 4.90 Å². The van der Waals surface area contributed by atoms with Gasteiger partial charge in [-0.3, -0.25) is 0 Å². The van der Waals surface area contributed by atoms with E-state index in [9.17, 15) is 0 Å². The quantitative estimate of drug-likeness (QED) is 0.725. The molecular formula is C13H20N3. The molecule has 0 bridgehead atoms. The Labute approximate surface area is 97.9 Å². The first-order chi connectivity index (χ1) is 7.57. The third-order valence-corrected chi connectivity index (χ3v) is 3.56. The van der Waals surface area contributed by atoms with Gasteiger partial charge in [0.15, 0.2) is 5.82 Å². The van der Waals surface area contributed by atoms with Crippen LogP contribution < -0.4 is 4.90 Å². The predicted octanol–water partition coefficient (Wildman–Crippen LogP) is 2.54. The van der Waals surface area contributed by atoms with Gasteiger partial charge in [-0.25, -0.2) is 0 Å². The van der Waals surface area contributed by atoms with Gasteiger partial charge in [0, 0.05) is 13.1 Å². The maximum atomic E-state index is 4.11. The standard InChI is InChI=1S/C13H20N3/c1-13(2,3)11-6-9-16(10-7-11)12-5-4-8-14-15-12/h4-5,11H,6-7,9-10H2,1-3H3. The summed E-state index contributed by atoms with van der Waals surface area (Å²) >= 11 is 0. The fourth-order valence-corrected chi connectivity index (χ4v) is 2.40. The lowest BCUT2D eigenvalue weighted by Crippen LogP contribution is -2.38. The first-order valence-corrected chi connectivity index (χ1v) is 6.02. The van der Waals surface area contributed by atoms with Crippen molar-refractivity contribution in [2.24, 2.45) is 11.3 Å². The van der Waals surface area contributed by atoms with Crippen molar-refractivity contribution in [1.29, 1.82) is 0 Å². The van der Waals surface area contributed by atoms with Gasteiger partial charge in [0.1, 0.15) is 6.20 Å². The SMILES string of the molecule is CC(C)(C)C1CCN(c2cc[c]nn2)CC1. The normalized spacial score (nSPS) is 18.8. The van der Waals surface area contributed by atoms with E-state index in [2.05, 4.69) is 42.1 Å². The van der Waals surface area contributed by atoms with E-state index in [0.717, 1.165) is 24.8 Å².